The van der Waals surface area contributed by atoms with E-state index in [4.69, 9.17) is 11.6 Å². The zero-order chi connectivity index (χ0) is 15.6. The topological polar surface area (TPSA) is 85.4 Å². The highest BCUT2D eigenvalue weighted by Crippen LogP contribution is 2.27. The van der Waals surface area contributed by atoms with E-state index >= 15 is 0 Å². The lowest BCUT2D eigenvalue weighted by Gasteiger charge is -2.08. The fourth-order valence-electron chi connectivity index (χ4n) is 1.43. The minimum atomic E-state index is -4.19. The maximum atomic E-state index is 13.7. The van der Waals surface area contributed by atoms with Crippen molar-refractivity contribution in [3.05, 3.63) is 40.2 Å². The molecule has 0 aliphatic heterocycles. The number of hydrogen-bond acceptors (Lipinski definition) is 6. The number of anilines is 1. The average molecular weight is 351 g/mol. The van der Waals surface area contributed by atoms with Crippen LogP contribution in [-0.4, -0.2) is 26.5 Å². The van der Waals surface area contributed by atoms with Gasteiger partial charge in [-0.25, -0.2) is 22.6 Å². The lowest BCUT2D eigenvalue weighted by Crippen LogP contribution is -2.16. The lowest BCUT2D eigenvalue weighted by atomic mass is 10.3. The quantitative estimate of drug-likeness (QED) is 0.856. The largest absolute Gasteiger partial charge is 0.464 e. The molecule has 0 amide bonds. The Morgan fingerprint density at radius 2 is 2.19 bits per heavy atom. The molecule has 0 bridgehead atoms. The van der Waals surface area contributed by atoms with Gasteiger partial charge in [0.15, 0.2) is 15.7 Å². The van der Waals surface area contributed by atoms with Crippen LogP contribution in [0.15, 0.2) is 27.9 Å². The first-order valence-electron chi connectivity index (χ1n) is 5.35. The Morgan fingerprint density at radius 3 is 2.86 bits per heavy atom. The number of carbonyl (C=O) groups is 1. The highest BCUT2D eigenvalue weighted by Gasteiger charge is 2.27. The number of esters is 1. The molecule has 0 saturated carbocycles. The van der Waals surface area contributed by atoms with Crippen LogP contribution < -0.4 is 4.72 Å². The maximum Gasteiger partial charge on any atom is 0.358 e. The summed E-state index contributed by atoms with van der Waals surface area (Å²) in [5.41, 5.74) is 0.485. The number of nitrogens with zero attached hydrogens (tertiary/aromatic N) is 1. The lowest BCUT2D eigenvalue weighted by molar-refractivity contribution is 0.0590. The van der Waals surface area contributed by atoms with E-state index < -0.39 is 21.8 Å². The van der Waals surface area contributed by atoms with Gasteiger partial charge in [-0.2, -0.15) is 0 Å². The molecule has 0 spiro atoms. The molecule has 1 heterocycles. The number of thiazole rings is 1. The van der Waals surface area contributed by atoms with Crippen LogP contribution >= 0.6 is 22.9 Å². The normalized spacial score (nSPS) is 11.2. The molecule has 10 heteroatoms. The zero-order valence-electron chi connectivity index (χ0n) is 10.5. The standard InChI is InChI=1S/C11H8ClFN2O4S2/c1-19-10(16)9-11(20-5-14-9)21(17,18)15-7-4-2-3-6(12)8(7)13/h2-5,15H,1H3. The number of hydrogen-bond donors (Lipinski definition) is 1. The molecule has 0 atom stereocenters. The van der Waals surface area contributed by atoms with E-state index in [1.807, 2.05) is 4.72 Å². The number of rotatable bonds is 4. The Labute approximate surface area is 128 Å². The third-order valence-electron chi connectivity index (χ3n) is 2.35. The van der Waals surface area contributed by atoms with Gasteiger partial charge >= 0.3 is 5.97 Å². The van der Waals surface area contributed by atoms with Crippen molar-refractivity contribution in [2.24, 2.45) is 0 Å². The summed E-state index contributed by atoms with van der Waals surface area (Å²) in [5.74, 6) is -1.81. The summed E-state index contributed by atoms with van der Waals surface area (Å²) in [6.07, 6.45) is 0. The summed E-state index contributed by atoms with van der Waals surface area (Å²) in [6.45, 7) is 0. The van der Waals surface area contributed by atoms with Gasteiger partial charge in [0.25, 0.3) is 10.0 Å². The number of methoxy groups -OCH3 is 1. The Balaban J connectivity index is 2.42. The van der Waals surface area contributed by atoms with Crippen LogP contribution in [0.25, 0.3) is 0 Å². The van der Waals surface area contributed by atoms with Gasteiger partial charge in [0.1, 0.15) is 0 Å². The first-order chi connectivity index (χ1) is 9.86. The van der Waals surface area contributed by atoms with Crippen molar-refractivity contribution in [3.8, 4) is 0 Å². The summed E-state index contributed by atoms with van der Waals surface area (Å²) in [7, 11) is -3.09. The van der Waals surface area contributed by atoms with Gasteiger partial charge in [0.2, 0.25) is 0 Å². The van der Waals surface area contributed by atoms with Crippen molar-refractivity contribution >= 4 is 44.6 Å². The summed E-state index contributed by atoms with van der Waals surface area (Å²) >= 11 is 6.29. The van der Waals surface area contributed by atoms with Gasteiger partial charge in [-0.15, -0.1) is 11.3 Å². The number of benzene rings is 1. The number of nitrogens with one attached hydrogen (secondary N) is 1. The summed E-state index contributed by atoms with van der Waals surface area (Å²) in [6, 6.07) is 3.87. The molecule has 0 saturated heterocycles. The molecule has 6 nitrogen and oxygen atoms in total. The number of carbonyl (C=O) groups excluding carboxylic acids is 1. The first kappa shape index (κ1) is 15.7. The maximum absolute atomic E-state index is 13.7. The van der Waals surface area contributed by atoms with Crippen molar-refractivity contribution in [1.82, 2.24) is 4.98 Å². The highest BCUT2D eigenvalue weighted by atomic mass is 35.5. The van der Waals surface area contributed by atoms with E-state index in [0.717, 1.165) is 7.11 Å². The third-order valence-corrected chi connectivity index (χ3v) is 5.38. The number of sulfonamides is 1. The molecule has 2 rings (SSSR count). The molecule has 1 N–H and O–H groups in total. The van der Waals surface area contributed by atoms with Crippen LogP contribution in [0.5, 0.6) is 0 Å². The van der Waals surface area contributed by atoms with Crippen LogP contribution in [0.2, 0.25) is 5.02 Å². The van der Waals surface area contributed by atoms with Gasteiger partial charge in [-0.1, -0.05) is 17.7 Å². The second-order valence-corrected chi connectivity index (χ2v) is 6.83. The van der Waals surface area contributed by atoms with Gasteiger partial charge in [-0.05, 0) is 12.1 Å². The Bertz CT molecular complexity index is 791. The van der Waals surface area contributed by atoms with E-state index in [1.165, 1.54) is 23.7 Å². The summed E-state index contributed by atoms with van der Waals surface area (Å²) in [4.78, 5) is 15.1. The molecule has 112 valence electrons. The average Bonchev–Trinajstić information content (AvgIpc) is 2.93. The fourth-order valence-corrected chi connectivity index (χ4v) is 3.80. The van der Waals surface area contributed by atoms with E-state index in [-0.39, 0.29) is 20.6 Å². The van der Waals surface area contributed by atoms with Crippen molar-refractivity contribution in [2.45, 2.75) is 4.21 Å². The highest BCUT2D eigenvalue weighted by molar-refractivity contribution is 7.94. The first-order valence-corrected chi connectivity index (χ1v) is 8.09. The smallest absolute Gasteiger partial charge is 0.358 e. The Hall–Kier alpha value is -1.71. The molecule has 1 aromatic carbocycles. The molecule has 0 aliphatic carbocycles. The zero-order valence-corrected chi connectivity index (χ0v) is 12.9. The number of ether oxygens (including phenoxy) is 1. The van der Waals surface area contributed by atoms with Crippen LogP contribution in [0.1, 0.15) is 10.5 Å². The van der Waals surface area contributed by atoms with Gasteiger partial charge in [0.05, 0.1) is 23.3 Å². The van der Waals surface area contributed by atoms with E-state index in [0.29, 0.717) is 11.3 Å². The number of halogens is 2. The van der Waals surface area contributed by atoms with E-state index in [9.17, 15) is 17.6 Å². The third kappa shape index (κ3) is 3.14. The van der Waals surface area contributed by atoms with Crippen molar-refractivity contribution in [1.29, 1.82) is 0 Å². The minimum absolute atomic E-state index is 0.229. The molecular weight excluding hydrogens is 343 g/mol. The van der Waals surface area contributed by atoms with Crippen LogP contribution in [-0.2, 0) is 14.8 Å². The monoisotopic (exact) mass is 350 g/mol. The Morgan fingerprint density at radius 1 is 1.48 bits per heavy atom. The van der Waals surface area contributed by atoms with E-state index in [1.54, 1.807) is 0 Å². The molecule has 21 heavy (non-hydrogen) atoms. The second kappa shape index (κ2) is 5.96. The van der Waals surface area contributed by atoms with Gasteiger partial charge < -0.3 is 4.74 Å². The minimum Gasteiger partial charge on any atom is -0.464 e. The molecular formula is C11H8ClFN2O4S2. The molecule has 0 unspecified atom stereocenters. The molecule has 0 aliphatic rings. The molecule has 2 aromatic rings. The van der Waals surface area contributed by atoms with Gasteiger partial charge in [-0.3, -0.25) is 4.72 Å². The summed E-state index contributed by atoms with van der Waals surface area (Å²) < 4.78 is 44.3. The van der Waals surface area contributed by atoms with Gasteiger partial charge in [0, 0.05) is 0 Å². The predicted octanol–water partition coefficient (Wildman–Crippen LogP) is 2.52. The summed E-state index contributed by atoms with van der Waals surface area (Å²) in [5, 5.41) is -0.229. The molecule has 1 aromatic heterocycles. The molecule has 0 fully saturated rings. The fraction of sp³-hybridized carbons (Fsp3) is 0.0909. The Kier molecular flexibility index (Phi) is 4.45. The van der Waals surface area contributed by atoms with Crippen LogP contribution in [0, 0.1) is 5.82 Å². The van der Waals surface area contributed by atoms with Crippen molar-refractivity contribution < 1.29 is 22.3 Å². The van der Waals surface area contributed by atoms with Crippen molar-refractivity contribution in [3.63, 3.8) is 0 Å². The predicted molar refractivity (Wildman–Crippen MR) is 75.7 cm³/mol. The van der Waals surface area contributed by atoms with Crippen molar-refractivity contribution in [2.75, 3.05) is 11.8 Å². The second-order valence-electron chi connectivity index (χ2n) is 3.69. The molecule has 0 radical (unpaired) electrons. The van der Waals surface area contributed by atoms with Crippen LogP contribution in [0.4, 0.5) is 10.1 Å². The number of aromatic nitrogens is 1. The SMILES string of the molecule is COC(=O)c1ncsc1S(=O)(=O)Nc1cccc(Cl)c1F. The van der Waals surface area contributed by atoms with Crippen LogP contribution in [0.3, 0.4) is 0 Å². The van der Waals surface area contributed by atoms with E-state index in [2.05, 4.69) is 9.72 Å².